The van der Waals surface area contributed by atoms with E-state index < -0.39 is 0 Å². The summed E-state index contributed by atoms with van der Waals surface area (Å²) in [5.41, 5.74) is 0.232. The Bertz CT molecular complexity index is 491. The molecule has 0 unspecified atom stereocenters. The van der Waals surface area contributed by atoms with E-state index in [-0.39, 0.29) is 5.41 Å². The van der Waals surface area contributed by atoms with Crippen molar-refractivity contribution in [2.24, 2.45) is 0 Å². The number of hydrogen-bond donors (Lipinski definition) is 0. The Morgan fingerprint density at radius 1 is 1.19 bits per heavy atom. The molecule has 0 radical (unpaired) electrons. The summed E-state index contributed by atoms with van der Waals surface area (Å²) in [4.78, 5) is 1.43. The predicted octanol–water partition coefficient (Wildman–Crippen LogP) is 4.60. The number of rotatable bonds is 2. The van der Waals surface area contributed by atoms with Crippen LogP contribution in [0.3, 0.4) is 0 Å². The first-order valence-corrected chi connectivity index (χ1v) is 6.49. The molecule has 0 aliphatic heterocycles. The van der Waals surface area contributed by atoms with Crippen molar-refractivity contribution < 1.29 is 4.74 Å². The number of benzene rings is 1. The lowest BCUT2D eigenvalue weighted by Gasteiger charge is -2.14. The second-order valence-corrected chi connectivity index (χ2v) is 6.08. The van der Waals surface area contributed by atoms with Crippen molar-refractivity contribution >= 4 is 21.4 Å². The van der Waals surface area contributed by atoms with Crippen LogP contribution in [-0.2, 0) is 5.41 Å². The Labute approximate surface area is 101 Å². The van der Waals surface area contributed by atoms with Crippen molar-refractivity contribution in [3.8, 4) is 5.75 Å². The molecule has 0 aliphatic rings. The molecule has 0 saturated heterocycles. The first-order valence-electron chi connectivity index (χ1n) is 5.67. The lowest BCUT2D eigenvalue weighted by molar-refractivity contribution is 0.341. The number of hydrogen-bond acceptors (Lipinski definition) is 2. The standard InChI is InChI=1S/C14H18OS/c1-5-15-11-6-7-12-10(8-11)9-13(16-12)14(2,3)4/h6-9H,5H2,1-4H3. The van der Waals surface area contributed by atoms with E-state index in [0.29, 0.717) is 0 Å². The van der Waals surface area contributed by atoms with Crippen LogP contribution in [0.25, 0.3) is 10.1 Å². The molecule has 0 fully saturated rings. The molecule has 86 valence electrons. The van der Waals surface area contributed by atoms with Crippen molar-refractivity contribution in [1.29, 1.82) is 0 Å². The summed E-state index contributed by atoms with van der Waals surface area (Å²) in [6.07, 6.45) is 0. The molecule has 2 heteroatoms. The Hall–Kier alpha value is -1.02. The fourth-order valence-corrected chi connectivity index (χ4v) is 2.75. The van der Waals surface area contributed by atoms with Crippen LogP contribution in [0.5, 0.6) is 5.75 Å². The number of thiophene rings is 1. The number of fused-ring (bicyclic) bond motifs is 1. The Kier molecular flexibility index (Phi) is 2.94. The van der Waals surface area contributed by atoms with Gasteiger partial charge >= 0.3 is 0 Å². The molecule has 1 aromatic heterocycles. The second kappa shape index (κ2) is 4.10. The summed E-state index contributed by atoms with van der Waals surface area (Å²) in [5.74, 6) is 0.966. The molecular formula is C14H18OS. The highest BCUT2D eigenvalue weighted by molar-refractivity contribution is 7.19. The van der Waals surface area contributed by atoms with Gasteiger partial charge in [0.25, 0.3) is 0 Å². The van der Waals surface area contributed by atoms with Crippen LogP contribution in [-0.4, -0.2) is 6.61 Å². The van der Waals surface area contributed by atoms with Crippen LogP contribution in [0.15, 0.2) is 24.3 Å². The molecule has 16 heavy (non-hydrogen) atoms. The number of ether oxygens (including phenoxy) is 1. The minimum absolute atomic E-state index is 0.232. The molecule has 0 atom stereocenters. The first-order chi connectivity index (χ1) is 7.50. The highest BCUT2D eigenvalue weighted by Crippen LogP contribution is 2.35. The average Bonchev–Trinajstić information content (AvgIpc) is 2.60. The maximum atomic E-state index is 5.51. The summed E-state index contributed by atoms with van der Waals surface area (Å²) in [6, 6.07) is 8.61. The largest absolute Gasteiger partial charge is 0.494 e. The van der Waals surface area contributed by atoms with Crippen molar-refractivity contribution in [1.82, 2.24) is 0 Å². The van der Waals surface area contributed by atoms with E-state index >= 15 is 0 Å². The summed E-state index contributed by atoms with van der Waals surface area (Å²) < 4.78 is 6.85. The van der Waals surface area contributed by atoms with Gasteiger partial charge in [0.15, 0.2) is 0 Å². The zero-order chi connectivity index (χ0) is 11.8. The maximum absolute atomic E-state index is 5.51. The highest BCUT2D eigenvalue weighted by atomic mass is 32.1. The second-order valence-electron chi connectivity index (χ2n) is 4.99. The minimum atomic E-state index is 0.232. The molecule has 0 amide bonds. The van der Waals surface area contributed by atoms with E-state index in [0.717, 1.165) is 12.4 Å². The maximum Gasteiger partial charge on any atom is 0.119 e. The van der Waals surface area contributed by atoms with E-state index in [2.05, 4.69) is 45.0 Å². The van der Waals surface area contributed by atoms with Gasteiger partial charge in [0.05, 0.1) is 6.61 Å². The molecule has 0 bridgehead atoms. The van der Waals surface area contributed by atoms with Gasteiger partial charge in [-0.1, -0.05) is 20.8 Å². The van der Waals surface area contributed by atoms with E-state index in [1.807, 2.05) is 18.3 Å². The summed E-state index contributed by atoms with van der Waals surface area (Å²) >= 11 is 1.88. The van der Waals surface area contributed by atoms with Crippen LogP contribution in [0, 0.1) is 0 Å². The molecule has 1 aromatic carbocycles. The van der Waals surface area contributed by atoms with Gasteiger partial charge in [-0.25, -0.2) is 0 Å². The molecule has 0 saturated carbocycles. The van der Waals surface area contributed by atoms with Gasteiger partial charge in [0.1, 0.15) is 5.75 Å². The molecule has 0 N–H and O–H groups in total. The molecular weight excluding hydrogens is 216 g/mol. The lowest BCUT2D eigenvalue weighted by atomic mass is 9.94. The van der Waals surface area contributed by atoms with Crippen molar-refractivity contribution in [2.75, 3.05) is 6.61 Å². The third-order valence-corrected chi connectivity index (χ3v) is 4.08. The Balaban J connectivity index is 2.46. The van der Waals surface area contributed by atoms with Gasteiger partial charge in [0, 0.05) is 9.58 Å². The average molecular weight is 234 g/mol. The smallest absolute Gasteiger partial charge is 0.119 e. The van der Waals surface area contributed by atoms with Gasteiger partial charge in [0.2, 0.25) is 0 Å². The summed E-state index contributed by atoms with van der Waals surface area (Å²) in [5, 5.41) is 1.29. The first kappa shape index (κ1) is 11.5. The third-order valence-electron chi connectivity index (χ3n) is 2.54. The van der Waals surface area contributed by atoms with Gasteiger partial charge in [-0.05, 0) is 42.0 Å². The van der Waals surface area contributed by atoms with E-state index in [9.17, 15) is 0 Å². The SMILES string of the molecule is CCOc1ccc2sc(C(C)(C)C)cc2c1. The van der Waals surface area contributed by atoms with Crippen LogP contribution in [0.1, 0.15) is 32.6 Å². The minimum Gasteiger partial charge on any atom is -0.494 e. The van der Waals surface area contributed by atoms with E-state index in [4.69, 9.17) is 4.74 Å². The van der Waals surface area contributed by atoms with Crippen molar-refractivity contribution in [3.05, 3.63) is 29.1 Å². The fraction of sp³-hybridized carbons (Fsp3) is 0.429. The zero-order valence-corrected chi connectivity index (χ0v) is 11.1. The van der Waals surface area contributed by atoms with Crippen LogP contribution < -0.4 is 4.74 Å². The zero-order valence-electron chi connectivity index (χ0n) is 10.3. The quantitative estimate of drug-likeness (QED) is 0.738. The fourth-order valence-electron chi connectivity index (χ4n) is 1.65. The topological polar surface area (TPSA) is 9.23 Å². The van der Waals surface area contributed by atoms with Crippen LogP contribution in [0.2, 0.25) is 0 Å². The summed E-state index contributed by atoms with van der Waals surface area (Å²) in [7, 11) is 0. The van der Waals surface area contributed by atoms with Gasteiger partial charge in [-0.2, -0.15) is 0 Å². The lowest BCUT2D eigenvalue weighted by Crippen LogP contribution is -2.07. The molecule has 0 spiro atoms. The third kappa shape index (κ3) is 2.22. The van der Waals surface area contributed by atoms with Crippen molar-refractivity contribution in [2.45, 2.75) is 33.1 Å². The highest BCUT2D eigenvalue weighted by Gasteiger charge is 2.16. The Morgan fingerprint density at radius 3 is 2.56 bits per heavy atom. The van der Waals surface area contributed by atoms with Crippen LogP contribution >= 0.6 is 11.3 Å². The van der Waals surface area contributed by atoms with Crippen molar-refractivity contribution in [3.63, 3.8) is 0 Å². The van der Waals surface area contributed by atoms with Crippen LogP contribution in [0.4, 0.5) is 0 Å². The molecule has 1 nitrogen and oxygen atoms in total. The van der Waals surface area contributed by atoms with E-state index in [1.54, 1.807) is 0 Å². The van der Waals surface area contributed by atoms with Gasteiger partial charge in [-0.3, -0.25) is 0 Å². The molecule has 2 aromatic rings. The monoisotopic (exact) mass is 234 g/mol. The molecule has 2 rings (SSSR count). The van der Waals surface area contributed by atoms with E-state index in [1.165, 1.54) is 15.0 Å². The van der Waals surface area contributed by atoms with Gasteiger partial charge in [-0.15, -0.1) is 11.3 Å². The summed E-state index contributed by atoms with van der Waals surface area (Å²) in [6.45, 7) is 9.49. The predicted molar refractivity (Wildman–Crippen MR) is 71.7 cm³/mol. The Morgan fingerprint density at radius 2 is 1.94 bits per heavy atom. The molecule has 0 aliphatic carbocycles. The van der Waals surface area contributed by atoms with Gasteiger partial charge < -0.3 is 4.74 Å². The molecule has 1 heterocycles. The normalized spacial score (nSPS) is 12.0.